The Hall–Kier alpha value is -2.11. The van der Waals surface area contributed by atoms with E-state index in [1.54, 1.807) is 25.3 Å². The molecule has 1 atom stereocenters. The third kappa shape index (κ3) is 4.95. The van der Waals surface area contributed by atoms with Crippen LogP contribution in [0.3, 0.4) is 0 Å². The van der Waals surface area contributed by atoms with Crippen molar-refractivity contribution in [1.82, 2.24) is 10.3 Å². The van der Waals surface area contributed by atoms with Crippen molar-refractivity contribution in [3.8, 4) is 0 Å². The summed E-state index contributed by atoms with van der Waals surface area (Å²) in [5.41, 5.74) is 1.24. The summed E-state index contributed by atoms with van der Waals surface area (Å²) in [4.78, 5) is 26.8. The Bertz CT molecular complexity index is 460. The molecule has 0 aromatic carbocycles. The van der Waals surface area contributed by atoms with Gasteiger partial charge in [-0.2, -0.15) is 0 Å². The van der Waals surface area contributed by atoms with Crippen molar-refractivity contribution in [3.63, 3.8) is 0 Å². The number of pyridine rings is 1. The molecule has 104 valence electrons. The number of carboxylic acid groups (broad SMARTS) is 1. The zero-order valence-corrected chi connectivity index (χ0v) is 11.3. The molecule has 1 aromatic rings. The molecule has 1 rings (SSSR count). The molecule has 0 saturated carbocycles. The van der Waals surface area contributed by atoms with Gasteiger partial charge in [-0.15, -0.1) is 0 Å². The van der Waals surface area contributed by atoms with Crippen molar-refractivity contribution in [2.75, 3.05) is 5.32 Å². The van der Waals surface area contributed by atoms with Crippen LogP contribution in [0, 0.1) is 12.8 Å². The van der Waals surface area contributed by atoms with Gasteiger partial charge in [0.25, 0.3) is 0 Å². The summed E-state index contributed by atoms with van der Waals surface area (Å²) in [6.07, 6.45) is 2.01. The number of urea groups is 1. The van der Waals surface area contributed by atoms with Crippen LogP contribution in [0.1, 0.15) is 26.0 Å². The van der Waals surface area contributed by atoms with Crippen molar-refractivity contribution in [3.05, 3.63) is 24.0 Å². The Morgan fingerprint density at radius 2 is 2.11 bits per heavy atom. The third-order valence-corrected chi connectivity index (χ3v) is 2.57. The maximum absolute atomic E-state index is 11.7. The number of hydrogen-bond donors (Lipinski definition) is 3. The van der Waals surface area contributed by atoms with E-state index in [1.807, 2.05) is 13.8 Å². The second-order valence-electron chi connectivity index (χ2n) is 4.76. The number of aliphatic carboxylic acids is 1. The molecule has 0 saturated heterocycles. The number of nitrogens with zero attached hydrogens (tertiary/aromatic N) is 1. The van der Waals surface area contributed by atoms with E-state index in [0.717, 1.165) is 0 Å². The predicted molar refractivity (Wildman–Crippen MR) is 72.0 cm³/mol. The first-order valence-electron chi connectivity index (χ1n) is 6.12. The van der Waals surface area contributed by atoms with Crippen LogP contribution in [0.25, 0.3) is 0 Å². The van der Waals surface area contributed by atoms with Crippen molar-refractivity contribution >= 4 is 17.7 Å². The molecule has 1 heterocycles. The lowest BCUT2D eigenvalue weighted by Gasteiger charge is -2.17. The Morgan fingerprint density at radius 1 is 1.42 bits per heavy atom. The van der Waals surface area contributed by atoms with Gasteiger partial charge in [-0.3, -0.25) is 4.98 Å². The number of aryl methyl sites for hydroxylation is 1. The number of amides is 2. The van der Waals surface area contributed by atoms with Crippen molar-refractivity contribution < 1.29 is 14.7 Å². The highest BCUT2D eigenvalue weighted by Crippen LogP contribution is 2.10. The number of hydrogen-bond acceptors (Lipinski definition) is 3. The Labute approximate surface area is 112 Å². The Balaban J connectivity index is 2.63. The minimum Gasteiger partial charge on any atom is -0.480 e. The summed E-state index contributed by atoms with van der Waals surface area (Å²) in [6.45, 7) is 5.57. The maximum atomic E-state index is 11.7. The van der Waals surface area contributed by atoms with Gasteiger partial charge in [0.05, 0.1) is 11.4 Å². The number of carbonyl (C=O) groups excluding carboxylic acids is 1. The first-order chi connectivity index (χ1) is 8.90. The predicted octanol–water partition coefficient (Wildman–Crippen LogP) is 2.01. The lowest BCUT2D eigenvalue weighted by atomic mass is 10.0. The van der Waals surface area contributed by atoms with Gasteiger partial charge in [-0.25, -0.2) is 9.59 Å². The molecule has 1 unspecified atom stereocenters. The summed E-state index contributed by atoms with van der Waals surface area (Å²) in [6, 6.07) is 1.98. The first kappa shape index (κ1) is 14.9. The van der Waals surface area contributed by atoms with Gasteiger partial charge in [-0.1, -0.05) is 13.8 Å². The van der Waals surface area contributed by atoms with E-state index < -0.39 is 18.0 Å². The van der Waals surface area contributed by atoms with E-state index in [-0.39, 0.29) is 5.92 Å². The zero-order chi connectivity index (χ0) is 14.4. The standard InChI is InChI=1S/C13H19N3O3/c1-8(2)7-11(12(17)18)16-13(19)15-10-5-4-6-14-9(10)3/h4-6,8,11H,7H2,1-3H3,(H,17,18)(H2,15,16,19). The second-order valence-corrected chi connectivity index (χ2v) is 4.76. The largest absolute Gasteiger partial charge is 0.480 e. The van der Waals surface area contributed by atoms with Gasteiger partial charge in [0.15, 0.2) is 0 Å². The summed E-state index contributed by atoms with van der Waals surface area (Å²) >= 11 is 0. The number of nitrogens with one attached hydrogen (secondary N) is 2. The molecular formula is C13H19N3O3. The van der Waals surface area contributed by atoms with Crippen LogP contribution in [0.5, 0.6) is 0 Å². The van der Waals surface area contributed by atoms with Gasteiger partial charge in [0, 0.05) is 6.20 Å². The number of rotatable bonds is 5. The van der Waals surface area contributed by atoms with Crippen LogP contribution in [-0.4, -0.2) is 28.1 Å². The zero-order valence-electron chi connectivity index (χ0n) is 11.3. The minimum absolute atomic E-state index is 0.182. The highest BCUT2D eigenvalue weighted by molar-refractivity contribution is 5.92. The smallest absolute Gasteiger partial charge is 0.326 e. The van der Waals surface area contributed by atoms with E-state index in [2.05, 4.69) is 15.6 Å². The van der Waals surface area contributed by atoms with Crippen molar-refractivity contribution in [2.45, 2.75) is 33.2 Å². The third-order valence-electron chi connectivity index (χ3n) is 2.57. The van der Waals surface area contributed by atoms with Crippen LogP contribution >= 0.6 is 0 Å². The summed E-state index contributed by atoms with van der Waals surface area (Å²) in [5, 5.41) is 14.1. The van der Waals surface area contributed by atoms with E-state index >= 15 is 0 Å². The molecule has 0 spiro atoms. The summed E-state index contributed by atoms with van der Waals surface area (Å²) in [7, 11) is 0. The molecule has 2 amide bonds. The number of anilines is 1. The van der Waals surface area contributed by atoms with Crippen LogP contribution in [0.4, 0.5) is 10.5 Å². The second kappa shape index (κ2) is 6.72. The summed E-state index contributed by atoms with van der Waals surface area (Å²) < 4.78 is 0. The molecule has 0 radical (unpaired) electrons. The minimum atomic E-state index is -1.04. The van der Waals surface area contributed by atoms with Gasteiger partial charge >= 0.3 is 12.0 Å². The molecule has 0 aliphatic carbocycles. The van der Waals surface area contributed by atoms with Crippen LogP contribution < -0.4 is 10.6 Å². The molecule has 0 bridgehead atoms. The summed E-state index contributed by atoms with van der Waals surface area (Å²) in [5.74, 6) is -0.853. The molecule has 0 aliphatic rings. The maximum Gasteiger partial charge on any atom is 0.326 e. The average molecular weight is 265 g/mol. The quantitative estimate of drug-likeness (QED) is 0.759. The van der Waals surface area contributed by atoms with Crippen molar-refractivity contribution in [1.29, 1.82) is 0 Å². The number of carbonyl (C=O) groups is 2. The normalized spacial score (nSPS) is 12.0. The van der Waals surface area contributed by atoms with Crippen LogP contribution in [0.15, 0.2) is 18.3 Å². The molecule has 0 aliphatic heterocycles. The average Bonchev–Trinajstić information content (AvgIpc) is 2.30. The highest BCUT2D eigenvalue weighted by Gasteiger charge is 2.21. The molecule has 19 heavy (non-hydrogen) atoms. The molecule has 1 aromatic heterocycles. The van der Waals surface area contributed by atoms with Gasteiger partial charge in [0.1, 0.15) is 6.04 Å². The van der Waals surface area contributed by atoms with E-state index in [0.29, 0.717) is 17.8 Å². The van der Waals surface area contributed by atoms with Gasteiger partial charge in [0.2, 0.25) is 0 Å². The van der Waals surface area contributed by atoms with Crippen molar-refractivity contribution in [2.24, 2.45) is 5.92 Å². The first-order valence-corrected chi connectivity index (χ1v) is 6.12. The fourth-order valence-electron chi connectivity index (χ4n) is 1.63. The van der Waals surface area contributed by atoms with E-state index in [1.165, 1.54) is 0 Å². The molecule has 6 heteroatoms. The van der Waals surface area contributed by atoms with Crippen LogP contribution in [-0.2, 0) is 4.79 Å². The molecule has 0 fully saturated rings. The van der Waals surface area contributed by atoms with Gasteiger partial charge in [-0.05, 0) is 31.4 Å². The molecular weight excluding hydrogens is 246 g/mol. The monoisotopic (exact) mass is 265 g/mol. The fourth-order valence-corrected chi connectivity index (χ4v) is 1.63. The molecule has 3 N–H and O–H groups in total. The number of aromatic nitrogens is 1. The lowest BCUT2D eigenvalue weighted by molar-refractivity contribution is -0.139. The van der Waals surface area contributed by atoms with Gasteiger partial charge < -0.3 is 15.7 Å². The molecule has 6 nitrogen and oxygen atoms in total. The van der Waals surface area contributed by atoms with E-state index in [9.17, 15) is 9.59 Å². The lowest BCUT2D eigenvalue weighted by Crippen LogP contribution is -2.43. The van der Waals surface area contributed by atoms with Crippen LogP contribution in [0.2, 0.25) is 0 Å². The number of carboxylic acids is 1. The topological polar surface area (TPSA) is 91.3 Å². The Kier molecular flexibility index (Phi) is 5.29. The van der Waals surface area contributed by atoms with E-state index in [4.69, 9.17) is 5.11 Å². The Morgan fingerprint density at radius 3 is 2.63 bits per heavy atom. The highest BCUT2D eigenvalue weighted by atomic mass is 16.4. The SMILES string of the molecule is Cc1ncccc1NC(=O)NC(CC(C)C)C(=O)O. The fraction of sp³-hybridized carbons (Fsp3) is 0.462.